The Morgan fingerprint density at radius 3 is 2.50 bits per heavy atom. The number of carbonyl (C=O) groups is 1. The predicted molar refractivity (Wildman–Crippen MR) is 81.0 cm³/mol. The van der Waals surface area contributed by atoms with E-state index in [1.165, 1.54) is 0 Å². The van der Waals surface area contributed by atoms with Crippen molar-refractivity contribution in [2.75, 3.05) is 0 Å². The summed E-state index contributed by atoms with van der Waals surface area (Å²) in [5.74, 6) is -0.406. The number of primary amides is 1. The lowest BCUT2D eigenvalue weighted by molar-refractivity contribution is 0.100. The first-order valence-electron chi connectivity index (χ1n) is 6.27. The van der Waals surface area contributed by atoms with Gasteiger partial charge in [0, 0.05) is 28.7 Å². The molecule has 0 radical (unpaired) electrons. The third kappa shape index (κ3) is 2.28. The largest absolute Gasteiger partial charge is 0.366 e. The van der Waals surface area contributed by atoms with Crippen LogP contribution in [0.25, 0.3) is 10.9 Å². The summed E-state index contributed by atoms with van der Waals surface area (Å²) in [4.78, 5) is 11.5. The molecule has 0 aliphatic carbocycles. The Hall–Kier alpha value is -2.26. The van der Waals surface area contributed by atoms with Gasteiger partial charge < -0.3 is 10.3 Å². The number of aromatic nitrogens is 1. The smallest absolute Gasteiger partial charge is 0.250 e. The number of para-hydroxylation sites is 1. The number of amides is 1. The Balaban J connectivity index is 2.07. The molecule has 0 atom stereocenters. The van der Waals surface area contributed by atoms with Crippen molar-refractivity contribution in [1.29, 1.82) is 0 Å². The highest BCUT2D eigenvalue weighted by atomic mass is 35.5. The van der Waals surface area contributed by atoms with Crippen LogP contribution < -0.4 is 5.73 Å². The minimum atomic E-state index is -0.406. The molecule has 1 amide bonds. The van der Waals surface area contributed by atoms with Gasteiger partial charge in [0.15, 0.2) is 0 Å². The molecule has 0 saturated carbocycles. The highest BCUT2D eigenvalue weighted by molar-refractivity contribution is 6.30. The molecular weight excluding hydrogens is 272 g/mol. The van der Waals surface area contributed by atoms with Crippen molar-refractivity contribution in [2.45, 2.75) is 6.54 Å². The van der Waals surface area contributed by atoms with Gasteiger partial charge in [0.25, 0.3) is 5.91 Å². The van der Waals surface area contributed by atoms with Gasteiger partial charge in [-0.05, 0) is 23.8 Å². The third-order valence-corrected chi connectivity index (χ3v) is 3.57. The summed E-state index contributed by atoms with van der Waals surface area (Å²) in [5, 5.41) is 1.60. The molecule has 100 valence electrons. The van der Waals surface area contributed by atoms with Crippen LogP contribution in [0.2, 0.25) is 5.02 Å². The standard InChI is InChI=1S/C16H13ClN2O/c17-12-7-5-11(6-8-12)9-19-10-14(16(18)20)13-3-1-2-4-15(13)19/h1-8,10H,9H2,(H2,18,20). The highest BCUT2D eigenvalue weighted by Crippen LogP contribution is 2.22. The summed E-state index contributed by atoms with van der Waals surface area (Å²) >= 11 is 5.89. The van der Waals surface area contributed by atoms with E-state index in [4.69, 9.17) is 17.3 Å². The molecule has 0 fully saturated rings. The highest BCUT2D eigenvalue weighted by Gasteiger charge is 2.12. The lowest BCUT2D eigenvalue weighted by Gasteiger charge is -2.05. The molecule has 1 aromatic heterocycles. The average molecular weight is 285 g/mol. The van der Waals surface area contributed by atoms with Gasteiger partial charge in [-0.2, -0.15) is 0 Å². The monoisotopic (exact) mass is 284 g/mol. The van der Waals surface area contributed by atoms with Gasteiger partial charge in [0.2, 0.25) is 0 Å². The van der Waals surface area contributed by atoms with Crippen LogP contribution in [0.1, 0.15) is 15.9 Å². The van der Waals surface area contributed by atoms with Crippen LogP contribution in [0.5, 0.6) is 0 Å². The number of carbonyl (C=O) groups excluding carboxylic acids is 1. The number of hydrogen-bond donors (Lipinski definition) is 1. The number of rotatable bonds is 3. The fraction of sp³-hybridized carbons (Fsp3) is 0.0625. The van der Waals surface area contributed by atoms with Gasteiger partial charge in [0.05, 0.1) is 5.56 Å². The fourth-order valence-electron chi connectivity index (χ4n) is 2.36. The van der Waals surface area contributed by atoms with Crippen LogP contribution in [0, 0.1) is 0 Å². The number of nitrogens with zero attached hydrogens (tertiary/aromatic N) is 1. The van der Waals surface area contributed by atoms with E-state index in [0.717, 1.165) is 16.5 Å². The van der Waals surface area contributed by atoms with E-state index in [2.05, 4.69) is 0 Å². The lowest BCUT2D eigenvalue weighted by Crippen LogP contribution is -2.10. The van der Waals surface area contributed by atoms with Crippen LogP contribution in [0.4, 0.5) is 0 Å². The molecular formula is C16H13ClN2O. The van der Waals surface area contributed by atoms with Crippen LogP contribution in [-0.2, 0) is 6.54 Å². The summed E-state index contributed by atoms with van der Waals surface area (Å²) < 4.78 is 2.03. The molecule has 0 aliphatic heterocycles. The number of fused-ring (bicyclic) bond motifs is 1. The van der Waals surface area contributed by atoms with Crippen molar-refractivity contribution in [3.63, 3.8) is 0 Å². The molecule has 0 spiro atoms. The zero-order chi connectivity index (χ0) is 14.1. The lowest BCUT2D eigenvalue weighted by atomic mass is 10.2. The molecule has 4 heteroatoms. The van der Waals surface area contributed by atoms with E-state index < -0.39 is 5.91 Å². The van der Waals surface area contributed by atoms with Crippen LogP contribution in [-0.4, -0.2) is 10.5 Å². The van der Waals surface area contributed by atoms with Crippen LogP contribution >= 0.6 is 11.6 Å². The normalized spacial score (nSPS) is 10.8. The van der Waals surface area contributed by atoms with Crippen molar-refractivity contribution in [3.05, 3.63) is 70.9 Å². The molecule has 3 aromatic rings. The molecule has 0 unspecified atom stereocenters. The van der Waals surface area contributed by atoms with Crippen molar-refractivity contribution in [1.82, 2.24) is 4.57 Å². The van der Waals surface area contributed by atoms with Gasteiger partial charge in [-0.25, -0.2) is 0 Å². The summed E-state index contributed by atoms with van der Waals surface area (Å²) in [6.07, 6.45) is 1.81. The number of halogens is 1. The molecule has 0 aliphatic rings. The Bertz CT molecular complexity index is 775. The number of nitrogens with two attached hydrogens (primary N) is 1. The van der Waals surface area contributed by atoms with Crippen molar-refractivity contribution in [2.24, 2.45) is 5.73 Å². The number of hydrogen-bond acceptors (Lipinski definition) is 1. The zero-order valence-electron chi connectivity index (χ0n) is 10.7. The first-order valence-corrected chi connectivity index (χ1v) is 6.65. The molecule has 2 aromatic carbocycles. The van der Waals surface area contributed by atoms with E-state index in [-0.39, 0.29) is 0 Å². The second kappa shape index (κ2) is 5.02. The molecule has 0 saturated heterocycles. The minimum absolute atomic E-state index is 0.406. The number of benzene rings is 2. The summed E-state index contributed by atoms with van der Waals surface area (Å²) in [7, 11) is 0. The maximum absolute atomic E-state index is 11.5. The van der Waals surface area contributed by atoms with Gasteiger partial charge in [-0.3, -0.25) is 4.79 Å². The van der Waals surface area contributed by atoms with Crippen LogP contribution in [0.15, 0.2) is 54.7 Å². The van der Waals surface area contributed by atoms with Gasteiger partial charge >= 0.3 is 0 Å². The van der Waals surface area contributed by atoms with Crippen molar-refractivity contribution in [3.8, 4) is 0 Å². The molecule has 2 N–H and O–H groups in total. The third-order valence-electron chi connectivity index (χ3n) is 3.32. The topological polar surface area (TPSA) is 48.0 Å². The van der Waals surface area contributed by atoms with E-state index >= 15 is 0 Å². The van der Waals surface area contributed by atoms with Gasteiger partial charge in [-0.1, -0.05) is 41.9 Å². The van der Waals surface area contributed by atoms with Gasteiger partial charge in [0.1, 0.15) is 0 Å². The second-order valence-electron chi connectivity index (χ2n) is 4.68. The Kier molecular flexibility index (Phi) is 3.20. The van der Waals surface area contributed by atoms with Crippen LogP contribution in [0.3, 0.4) is 0 Å². The quantitative estimate of drug-likeness (QED) is 0.787. The second-order valence-corrected chi connectivity index (χ2v) is 5.11. The van der Waals surface area contributed by atoms with E-state index in [0.29, 0.717) is 17.1 Å². The zero-order valence-corrected chi connectivity index (χ0v) is 11.5. The summed E-state index contributed by atoms with van der Waals surface area (Å²) in [6.45, 7) is 0.672. The first-order chi connectivity index (χ1) is 9.65. The summed E-state index contributed by atoms with van der Waals surface area (Å²) in [5.41, 5.74) is 8.10. The molecule has 1 heterocycles. The van der Waals surface area contributed by atoms with Gasteiger partial charge in [-0.15, -0.1) is 0 Å². The van der Waals surface area contributed by atoms with E-state index in [1.54, 1.807) is 0 Å². The molecule has 20 heavy (non-hydrogen) atoms. The predicted octanol–water partition coefficient (Wildman–Crippen LogP) is 3.44. The maximum Gasteiger partial charge on any atom is 0.250 e. The maximum atomic E-state index is 11.5. The fourth-order valence-corrected chi connectivity index (χ4v) is 2.49. The Morgan fingerprint density at radius 2 is 1.80 bits per heavy atom. The minimum Gasteiger partial charge on any atom is -0.366 e. The Morgan fingerprint density at radius 1 is 1.10 bits per heavy atom. The average Bonchev–Trinajstić information content (AvgIpc) is 2.81. The van der Waals surface area contributed by atoms with E-state index in [1.807, 2.05) is 59.3 Å². The van der Waals surface area contributed by atoms with E-state index in [9.17, 15) is 4.79 Å². The van der Waals surface area contributed by atoms with Crippen molar-refractivity contribution >= 4 is 28.4 Å². The Labute approximate surface area is 121 Å². The first kappa shape index (κ1) is 12.8. The molecule has 3 rings (SSSR count). The summed E-state index contributed by atoms with van der Waals surface area (Å²) in [6, 6.07) is 15.4. The van der Waals surface area contributed by atoms with Crippen molar-refractivity contribution < 1.29 is 4.79 Å². The molecule has 0 bridgehead atoms. The SMILES string of the molecule is NC(=O)c1cn(Cc2ccc(Cl)cc2)c2ccccc12. The molecule has 3 nitrogen and oxygen atoms in total.